The van der Waals surface area contributed by atoms with E-state index in [4.69, 9.17) is 0 Å². The Morgan fingerprint density at radius 1 is 1.62 bits per heavy atom. The highest BCUT2D eigenvalue weighted by Gasteiger charge is 2.04. The fraction of sp³-hybridized carbons (Fsp3) is 0.222. The van der Waals surface area contributed by atoms with Crippen LogP contribution in [0.25, 0.3) is 0 Å². The number of esters is 1. The molecule has 1 rings (SSSR count). The number of pyridine rings is 1. The summed E-state index contributed by atoms with van der Waals surface area (Å²) in [4.78, 5) is 25.0. The van der Waals surface area contributed by atoms with E-state index in [0.717, 1.165) is 6.29 Å². The summed E-state index contributed by atoms with van der Waals surface area (Å²) in [7, 11) is 1.31. The topological polar surface area (TPSA) is 56.3 Å². The molecule has 0 aliphatic heterocycles. The van der Waals surface area contributed by atoms with Crippen LogP contribution in [0.15, 0.2) is 18.3 Å². The van der Waals surface area contributed by atoms with Crippen LogP contribution in [0.1, 0.15) is 16.1 Å². The first-order valence-corrected chi connectivity index (χ1v) is 3.75. The van der Waals surface area contributed by atoms with Crippen molar-refractivity contribution in [3.63, 3.8) is 0 Å². The molecule has 1 heterocycles. The van der Waals surface area contributed by atoms with Crippen LogP contribution in [0.4, 0.5) is 0 Å². The second-order valence-corrected chi connectivity index (χ2v) is 2.40. The predicted octanol–water partition coefficient (Wildman–Crippen LogP) is 0.610. The van der Waals surface area contributed by atoms with Crippen molar-refractivity contribution >= 4 is 12.3 Å². The van der Waals surface area contributed by atoms with E-state index >= 15 is 0 Å². The quantitative estimate of drug-likeness (QED) is 0.504. The smallest absolute Gasteiger partial charge is 0.339 e. The maximum Gasteiger partial charge on any atom is 0.339 e. The normalized spacial score (nSPS) is 9.31. The molecule has 0 N–H and O–H groups in total. The molecule has 0 fully saturated rings. The lowest BCUT2D eigenvalue weighted by Crippen LogP contribution is -2.02. The number of aromatic nitrogens is 1. The van der Waals surface area contributed by atoms with Crippen LogP contribution < -0.4 is 0 Å². The third kappa shape index (κ3) is 2.37. The van der Waals surface area contributed by atoms with E-state index < -0.39 is 5.97 Å². The molecule has 1 aromatic rings. The molecule has 0 bridgehead atoms. The largest absolute Gasteiger partial charge is 0.465 e. The molecular formula is C9H9NO3. The van der Waals surface area contributed by atoms with Crippen molar-refractivity contribution < 1.29 is 14.3 Å². The molecular weight excluding hydrogens is 170 g/mol. The number of rotatable bonds is 3. The van der Waals surface area contributed by atoms with E-state index in [0.29, 0.717) is 11.3 Å². The standard InChI is InChI=1S/C9H9NO3/c1-13-9(12)7-2-3-8(4-5-11)10-6-7/h2-3,5-6H,4H2,1H3. The van der Waals surface area contributed by atoms with Crippen LogP contribution in [-0.4, -0.2) is 24.3 Å². The van der Waals surface area contributed by atoms with E-state index in [1.807, 2.05) is 0 Å². The lowest BCUT2D eigenvalue weighted by atomic mass is 10.2. The summed E-state index contributed by atoms with van der Waals surface area (Å²) in [5, 5.41) is 0. The Balaban J connectivity index is 2.80. The van der Waals surface area contributed by atoms with E-state index in [1.165, 1.54) is 13.3 Å². The average molecular weight is 179 g/mol. The summed E-state index contributed by atoms with van der Waals surface area (Å²) in [5.74, 6) is -0.426. The van der Waals surface area contributed by atoms with Gasteiger partial charge in [-0.2, -0.15) is 0 Å². The highest BCUT2D eigenvalue weighted by Crippen LogP contribution is 2.01. The molecule has 0 aromatic carbocycles. The summed E-state index contributed by atoms with van der Waals surface area (Å²) >= 11 is 0. The molecule has 0 spiro atoms. The van der Waals surface area contributed by atoms with Gasteiger partial charge in [0.05, 0.1) is 12.7 Å². The molecule has 0 saturated heterocycles. The summed E-state index contributed by atoms with van der Waals surface area (Å²) in [6.07, 6.45) is 2.42. The van der Waals surface area contributed by atoms with E-state index in [2.05, 4.69) is 9.72 Å². The van der Waals surface area contributed by atoms with E-state index in [9.17, 15) is 9.59 Å². The van der Waals surface area contributed by atoms with E-state index in [-0.39, 0.29) is 6.42 Å². The third-order valence-corrected chi connectivity index (χ3v) is 1.54. The summed E-state index contributed by atoms with van der Waals surface area (Å²) in [6, 6.07) is 3.21. The number of ether oxygens (including phenoxy) is 1. The van der Waals surface area contributed by atoms with Gasteiger partial charge in [0.15, 0.2) is 0 Å². The van der Waals surface area contributed by atoms with E-state index in [1.54, 1.807) is 12.1 Å². The summed E-state index contributed by atoms with van der Waals surface area (Å²) in [5.41, 5.74) is 1.03. The van der Waals surface area contributed by atoms with Gasteiger partial charge in [0.1, 0.15) is 6.29 Å². The van der Waals surface area contributed by atoms with Crippen molar-refractivity contribution in [2.24, 2.45) is 0 Å². The Kier molecular flexibility index (Phi) is 3.14. The van der Waals surface area contributed by atoms with Crippen molar-refractivity contribution in [1.29, 1.82) is 0 Å². The Bertz CT molecular complexity index is 305. The lowest BCUT2D eigenvalue weighted by Gasteiger charge is -1.98. The molecule has 4 heteroatoms. The maximum atomic E-state index is 11.0. The van der Waals surface area contributed by atoms with Crippen molar-refractivity contribution in [3.05, 3.63) is 29.6 Å². The second-order valence-electron chi connectivity index (χ2n) is 2.40. The minimum atomic E-state index is -0.426. The van der Waals surface area contributed by atoms with Crippen LogP contribution in [0.2, 0.25) is 0 Å². The third-order valence-electron chi connectivity index (χ3n) is 1.54. The van der Waals surface area contributed by atoms with Gasteiger partial charge in [-0.3, -0.25) is 4.98 Å². The van der Waals surface area contributed by atoms with Gasteiger partial charge >= 0.3 is 5.97 Å². The number of hydrogen-bond acceptors (Lipinski definition) is 4. The van der Waals surface area contributed by atoms with Crippen LogP contribution in [0.5, 0.6) is 0 Å². The highest BCUT2D eigenvalue weighted by atomic mass is 16.5. The first-order valence-electron chi connectivity index (χ1n) is 3.75. The maximum absolute atomic E-state index is 11.0. The Morgan fingerprint density at radius 2 is 2.38 bits per heavy atom. The van der Waals surface area contributed by atoms with Crippen LogP contribution in [0, 0.1) is 0 Å². The van der Waals surface area contributed by atoms with Crippen LogP contribution in [0.3, 0.4) is 0 Å². The number of carbonyl (C=O) groups is 2. The molecule has 68 valence electrons. The first-order chi connectivity index (χ1) is 6.27. The molecule has 4 nitrogen and oxygen atoms in total. The van der Waals surface area contributed by atoms with Crippen molar-refractivity contribution in [2.75, 3.05) is 7.11 Å². The number of methoxy groups -OCH3 is 1. The molecule has 0 atom stereocenters. The van der Waals surface area contributed by atoms with Gasteiger partial charge in [-0.25, -0.2) is 4.79 Å². The Hall–Kier alpha value is -1.71. The van der Waals surface area contributed by atoms with Gasteiger partial charge in [0.25, 0.3) is 0 Å². The number of hydrogen-bond donors (Lipinski definition) is 0. The molecule has 1 aromatic heterocycles. The van der Waals surface area contributed by atoms with Gasteiger partial charge in [-0.1, -0.05) is 0 Å². The summed E-state index contributed by atoms with van der Waals surface area (Å²) in [6.45, 7) is 0. The fourth-order valence-electron chi connectivity index (χ4n) is 0.869. The van der Waals surface area contributed by atoms with Gasteiger partial charge in [0, 0.05) is 18.3 Å². The predicted molar refractivity (Wildman–Crippen MR) is 45.3 cm³/mol. The van der Waals surface area contributed by atoms with Gasteiger partial charge in [0.2, 0.25) is 0 Å². The van der Waals surface area contributed by atoms with Gasteiger partial charge < -0.3 is 9.53 Å². The zero-order chi connectivity index (χ0) is 9.68. The Labute approximate surface area is 75.5 Å². The molecule has 13 heavy (non-hydrogen) atoms. The molecule has 0 aliphatic carbocycles. The number of carbonyl (C=O) groups excluding carboxylic acids is 2. The lowest BCUT2D eigenvalue weighted by molar-refractivity contribution is -0.107. The fourth-order valence-corrected chi connectivity index (χ4v) is 0.869. The molecule has 0 amide bonds. The molecule has 0 saturated carbocycles. The molecule has 0 unspecified atom stereocenters. The average Bonchev–Trinajstić information content (AvgIpc) is 2.18. The first kappa shape index (κ1) is 9.38. The number of aldehydes is 1. The highest BCUT2D eigenvalue weighted by molar-refractivity contribution is 5.88. The van der Waals surface area contributed by atoms with Crippen LogP contribution >= 0.6 is 0 Å². The minimum Gasteiger partial charge on any atom is -0.465 e. The SMILES string of the molecule is COC(=O)c1ccc(CC=O)nc1. The van der Waals surface area contributed by atoms with Crippen molar-refractivity contribution in [3.8, 4) is 0 Å². The zero-order valence-corrected chi connectivity index (χ0v) is 7.19. The van der Waals surface area contributed by atoms with Gasteiger partial charge in [-0.05, 0) is 12.1 Å². The minimum absolute atomic E-state index is 0.265. The monoisotopic (exact) mass is 179 g/mol. The number of nitrogens with zero attached hydrogens (tertiary/aromatic N) is 1. The summed E-state index contributed by atoms with van der Waals surface area (Å²) < 4.78 is 4.49. The second kappa shape index (κ2) is 4.35. The van der Waals surface area contributed by atoms with Crippen molar-refractivity contribution in [1.82, 2.24) is 4.98 Å². The molecule has 0 radical (unpaired) electrons. The molecule has 0 aliphatic rings. The zero-order valence-electron chi connectivity index (χ0n) is 7.19. The van der Waals surface area contributed by atoms with Crippen molar-refractivity contribution in [2.45, 2.75) is 6.42 Å². The van der Waals surface area contributed by atoms with Gasteiger partial charge in [-0.15, -0.1) is 0 Å². The van der Waals surface area contributed by atoms with Crippen LogP contribution in [-0.2, 0) is 16.0 Å². The Morgan fingerprint density at radius 3 is 2.85 bits per heavy atom.